The van der Waals surface area contributed by atoms with Crippen LogP contribution in [0.2, 0.25) is 0 Å². The van der Waals surface area contributed by atoms with E-state index in [9.17, 15) is 0 Å². The average molecular weight is 120 g/mol. The summed E-state index contributed by atoms with van der Waals surface area (Å²) < 4.78 is 0. The van der Waals surface area contributed by atoms with Gasteiger partial charge < -0.3 is 5.32 Å². The van der Waals surface area contributed by atoms with E-state index in [-0.39, 0.29) is 5.50 Å². The van der Waals surface area contributed by atoms with E-state index >= 15 is 0 Å². The van der Waals surface area contributed by atoms with Crippen LogP contribution in [0.25, 0.3) is 0 Å². The van der Waals surface area contributed by atoms with E-state index < -0.39 is 0 Å². The summed E-state index contributed by atoms with van der Waals surface area (Å²) in [5.74, 6) is 0.738. The van der Waals surface area contributed by atoms with E-state index in [1.54, 1.807) is 0 Å². The van der Waals surface area contributed by atoms with E-state index in [1.807, 2.05) is 0 Å². The largest absolute Gasteiger partial charge is 0.301 e. The van der Waals surface area contributed by atoms with Crippen molar-refractivity contribution < 1.29 is 0 Å². The molecule has 1 heterocycles. The van der Waals surface area contributed by atoms with Crippen LogP contribution < -0.4 is 5.32 Å². The number of alkyl halides is 1. The summed E-state index contributed by atoms with van der Waals surface area (Å²) in [6.45, 7) is 3.28. The van der Waals surface area contributed by atoms with Crippen molar-refractivity contribution in [2.75, 3.05) is 6.54 Å². The Morgan fingerprint density at radius 3 is 2.57 bits per heavy atom. The highest BCUT2D eigenvalue weighted by Crippen LogP contribution is 2.18. The summed E-state index contributed by atoms with van der Waals surface area (Å²) >= 11 is 5.70. The van der Waals surface area contributed by atoms with Crippen LogP contribution in [0.3, 0.4) is 0 Å². The number of hydrogen-bond donors (Lipinski definition) is 1. The van der Waals surface area contributed by atoms with Gasteiger partial charge in [-0.2, -0.15) is 0 Å². The van der Waals surface area contributed by atoms with E-state index in [0.29, 0.717) is 0 Å². The van der Waals surface area contributed by atoms with Gasteiger partial charge in [0.25, 0.3) is 0 Å². The Bertz CT molecular complexity index is 63.1. The molecule has 2 atom stereocenters. The van der Waals surface area contributed by atoms with Gasteiger partial charge in [0.05, 0.1) is 5.50 Å². The van der Waals surface area contributed by atoms with Crippen LogP contribution >= 0.6 is 11.6 Å². The highest BCUT2D eigenvalue weighted by Gasteiger charge is 2.25. The molecule has 2 heteroatoms. The monoisotopic (exact) mass is 119 g/mol. The van der Waals surface area contributed by atoms with Gasteiger partial charge in [0, 0.05) is 12.5 Å². The molecule has 0 unspecified atom stereocenters. The fraction of sp³-hybridized carbons (Fsp3) is 1.00. The molecule has 7 heavy (non-hydrogen) atoms. The van der Waals surface area contributed by atoms with Gasteiger partial charge in [-0.25, -0.2) is 0 Å². The van der Waals surface area contributed by atoms with Crippen LogP contribution in [0.15, 0.2) is 0 Å². The zero-order valence-corrected chi connectivity index (χ0v) is 5.20. The van der Waals surface area contributed by atoms with Crippen LogP contribution in [0, 0.1) is 5.92 Å². The van der Waals surface area contributed by atoms with Crippen LogP contribution in [-0.4, -0.2) is 12.0 Å². The molecule has 0 aliphatic carbocycles. The Morgan fingerprint density at radius 2 is 2.57 bits per heavy atom. The summed E-state index contributed by atoms with van der Waals surface area (Å²) in [6, 6.07) is 0. The number of halogens is 1. The maximum absolute atomic E-state index is 5.70. The maximum Gasteiger partial charge on any atom is 0.0866 e. The molecular formula is C5H10ClN. The Labute approximate surface area is 49.0 Å². The Morgan fingerprint density at radius 1 is 1.86 bits per heavy atom. The topological polar surface area (TPSA) is 12.0 Å². The number of rotatable bonds is 1. The predicted molar refractivity (Wildman–Crippen MR) is 31.4 cm³/mol. The fourth-order valence-electron chi connectivity index (χ4n) is 0.725. The molecule has 0 bridgehead atoms. The molecule has 0 aromatic carbocycles. The minimum Gasteiger partial charge on any atom is -0.301 e. The van der Waals surface area contributed by atoms with Gasteiger partial charge in [-0.05, 0) is 6.42 Å². The third kappa shape index (κ3) is 0.892. The third-order valence-corrected chi connectivity index (χ3v) is 2.02. The molecule has 1 aliphatic rings. The lowest BCUT2D eigenvalue weighted by atomic mass is 10.0. The molecule has 1 nitrogen and oxygen atoms in total. The Balaban J connectivity index is 2.16. The molecule has 0 radical (unpaired) electrons. The molecular weight excluding hydrogens is 110 g/mol. The Kier molecular flexibility index (Phi) is 1.55. The first-order valence-corrected chi connectivity index (χ1v) is 3.15. The smallest absolute Gasteiger partial charge is 0.0866 e. The zero-order chi connectivity index (χ0) is 5.28. The molecule has 1 saturated heterocycles. The summed E-state index contributed by atoms with van der Waals surface area (Å²) in [5.41, 5.74) is 0.269. The van der Waals surface area contributed by atoms with Crippen LogP contribution in [-0.2, 0) is 0 Å². The highest BCUT2D eigenvalue weighted by molar-refractivity contribution is 6.21. The summed E-state index contributed by atoms with van der Waals surface area (Å²) in [5, 5.41) is 3.07. The SMILES string of the molecule is CC[C@H]1CN[C@@H]1Cl. The van der Waals surface area contributed by atoms with Gasteiger partial charge in [0.15, 0.2) is 0 Å². The summed E-state index contributed by atoms with van der Waals surface area (Å²) in [4.78, 5) is 0. The van der Waals surface area contributed by atoms with E-state index in [0.717, 1.165) is 12.5 Å². The predicted octanol–water partition coefficient (Wildman–Crippen LogP) is 1.18. The lowest BCUT2D eigenvalue weighted by Crippen LogP contribution is -2.48. The fourth-order valence-corrected chi connectivity index (χ4v) is 1.08. The van der Waals surface area contributed by atoms with Crippen LogP contribution in [0.1, 0.15) is 13.3 Å². The van der Waals surface area contributed by atoms with Gasteiger partial charge in [0.2, 0.25) is 0 Å². The van der Waals surface area contributed by atoms with Crippen molar-refractivity contribution in [3.8, 4) is 0 Å². The van der Waals surface area contributed by atoms with Gasteiger partial charge in [-0.1, -0.05) is 6.92 Å². The first-order valence-electron chi connectivity index (χ1n) is 2.72. The molecule has 0 amide bonds. The van der Waals surface area contributed by atoms with Crippen LogP contribution in [0.4, 0.5) is 0 Å². The highest BCUT2D eigenvalue weighted by atomic mass is 35.5. The number of nitrogens with one attached hydrogen (secondary N) is 1. The summed E-state index contributed by atoms with van der Waals surface area (Å²) in [7, 11) is 0. The second kappa shape index (κ2) is 2.01. The Hall–Kier alpha value is 0.250. The minimum atomic E-state index is 0.269. The molecule has 1 N–H and O–H groups in total. The van der Waals surface area contributed by atoms with Gasteiger partial charge in [-0.3, -0.25) is 0 Å². The van der Waals surface area contributed by atoms with Crippen molar-refractivity contribution in [1.29, 1.82) is 0 Å². The molecule has 1 fully saturated rings. The second-order valence-corrected chi connectivity index (χ2v) is 2.45. The van der Waals surface area contributed by atoms with Crippen molar-refractivity contribution in [1.82, 2.24) is 5.32 Å². The normalized spacial score (nSPS) is 40.3. The van der Waals surface area contributed by atoms with Crippen molar-refractivity contribution >= 4 is 11.6 Å². The van der Waals surface area contributed by atoms with Gasteiger partial charge in [-0.15, -0.1) is 11.6 Å². The first kappa shape index (κ1) is 5.39. The number of hydrogen-bond acceptors (Lipinski definition) is 1. The maximum atomic E-state index is 5.70. The van der Waals surface area contributed by atoms with Gasteiger partial charge >= 0.3 is 0 Å². The molecule has 0 aromatic heterocycles. The van der Waals surface area contributed by atoms with Gasteiger partial charge in [0.1, 0.15) is 0 Å². The van der Waals surface area contributed by atoms with Crippen molar-refractivity contribution in [3.05, 3.63) is 0 Å². The molecule has 0 spiro atoms. The summed E-state index contributed by atoms with van der Waals surface area (Å²) in [6.07, 6.45) is 1.21. The third-order valence-electron chi connectivity index (χ3n) is 1.51. The minimum absolute atomic E-state index is 0.269. The lowest BCUT2D eigenvalue weighted by molar-refractivity contribution is 0.301. The van der Waals surface area contributed by atoms with E-state index in [2.05, 4.69) is 12.2 Å². The zero-order valence-electron chi connectivity index (χ0n) is 4.45. The van der Waals surface area contributed by atoms with Crippen molar-refractivity contribution in [3.63, 3.8) is 0 Å². The molecule has 1 aliphatic heterocycles. The first-order chi connectivity index (χ1) is 3.34. The lowest BCUT2D eigenvalue weighted by Gasteiger charge is -2.32. The van der Waals surface area contributed by atoms with Crippen LogP contribution in [0.5, 0.6) is 0 Å². The van der Waals surface area contributed by atoms with Crippen molar-refractivity contribution in [2.24, 2.45) is 5.92 Å². The second-order valence-electron chi connectivity index (χ2n) is 1.98. The van der Waals surface area contributed by atoms with Crippen molar-refractivity contribution in [2.45, 2.75) is 18.8 Å². The molecule has 0 saturated carbocycles. The van der Waals surface area contributed by atoms with E-state index in [1.165, 1.54) is 6.42 Å². The van der Waals surface area contributed by atoms with E-state index in [4.69, 9.17) is 11.6 Å². The quantitative estimate of drug-likeness (QED) is 0.404. The average Bonchev–Trinajstić information content (AvgIpc) is 1.65. The molecule has 0 aromatic rings. The standard InChI is InChI=1S/C5H10ClN/c1-2-4-3-7-5(4)6/h4-5,7H,2-3H2,1H3/t4-,5-/m0/s1. The molecule has 42 valence electrons. The molecule has 1 rings (SSSR count).